The van der Waals surface area contributed by atoms with Crippen molar-refractivity contribution in [1.29, 1.82) is 5.26 Å². The molecule has 0 saturated heterocycles. The molecule has 3 heteroatoms. The molecular weight excluding hydrogens is 263 g/mol. The summed E-state index contributed by atoms with van der Waals surface area (Å²) in [6, 6.07) is 13.1. The second kappa shape index (κ2) is 5.97. The Morgan fingerprint density at radius 3 is 2.76 bits per heavy atom. The minimum atomic E-state index is -0.419. The summed E-state index contributed by atoms with van der Waals surface area (Å²) < 4.78 is 14.1. The molecule has 1 aliphatic carbocycles. The molecular formula is C18H17FN2. The molecule has 0 unspecified atom stereocenters. The predicted molar refractivity (Wildman–Crippen MR) is 81.5 cm³/mol. The number of aryl methyl sites for hydroxylation is 1. The molecule has 2 aromatic rings. The van der Waals surface area contributed by atoms with Crippen LogP contribution in [0.4, 0.5) is 10.1 Å². The molecule has 106 valence electrons. The zero-order chi connectivity index (χ0) is 14.7. The van der Waals surface area contributed by atoms with E-state index >= 15 is 0 Å². The molecule has 0 spiro atoms. The molecule has 0 aromatic heterocycles. The quantitative estimate of drug-likeness (QED) is 0.915. The van der Waals surface area contributed by atoms with Crippen molar-refractivity contribution in [3.05, 3.63) is 64.5 Å². The van der Waals surface area contributed by atoms with Gasteiger partial charge in [-0.3, -0.25) is 0 Å². The molecule has 0 radical (unpaired) electrons. The zero-order valence-electron chi connectivity index (χ0n) is 11.8. The number of hydrogen-bond donors (Lipinski definition) is 1. The minimum Gasteiger partial charge on any atom is -0.381 e. The highest BCUT2D eigenvalue weighted by molar-refractivity contribution is 5.56. The molecule has 0 bridgehead atoms. The van der Waals surface area contributed by atoms with Gasteiger partial charge in [0, 0.05) is 17.8 Å². The number of nitrogens with zero attached hydrogens (tertiary/aromatic N) is 1. The highest BCUT2D eigenvalue weighted by atomic mass is 19.1. The first kappa shape index (κ1) is 13.6. The Balaban J connectivity index is 1.82. The van der Waals surface area contributed by atoms with E-state index in [9.17, 15) is 4.39 Å². The molecule has 0 aliphatic heterocycles. The van der Waals surface area contributed by atoms with Crippen molar-refractivity contribution in [1.82, 2.24) is 0 Å². The third-order valence-electron chi connectivity index (χ3n) is 4.06. The van der Waals surface area contributed by atoms with Gasteiger partial charge in [0.15, 0.2) is 0 Å². The monoisotopic (exact) mass is 280 g/mol. The fourth-order valence-corrected chi connectivity index (χ4v) is 2.94. The summed E-state index contributed by atoms with van der Waals surface area (Å²) in [7, 11) is 0. The molecule has 0 saturated carbocycles. The average Bonchev–Trinajstić information content (AvgIpc) is 2.54. The molecule has 2 nitrogen and oxygen atoms in total. The second-order valence-corrected chi connectivity index (χ2v) is 5.39. The molecule has 0 heterocycles. The molecule has 0 fully saturated rings. The summed E-state index contributed by atoms with van der Waals surface area (Å²) in [5, 5.41) is 12.2. The Labute approximate surface area is 124 Å². The van der Waals surface area contributed by atoms with Crippen molar-refractivity contribution in [3.63, 3.8) is 0 Å². The first-order valence-corrected chi connectivity index (χ1v) is 7.31. The molecule has 1 aliphatic rings. The van der Waals surface area contributed by atoms with Gasteiger partial charge in [-0.1, -0.05) is 24.3 Å². The van der Waals surface area contributed by atoms with Gasteiger partial charge in [0.2, 0.25) is 0 Å². The summed E-state index contributed by atoms with van der Waals surface area (Å²) in [6.45, 7) is 0.401. The van der Waals surface area contributed by atoms with Crippen LogP contribution in [0.1, 0.15) is 35.1 Å². The van der Waals surface area contributed by atoms with E-state index in [4.69, 9.17) is 5.26 Å². The lowest BCUT2D eigenvalue weighted by Crippen LogP contribution is -2.09. The Kier molecular flexibility index (Phi) is 3.87. The van der Waals surface area contributed by atoms with Gasteiger partial charge < -0.3 is 5.32 Å². The van der Waals surface area contributed by atoms with Gasteiger partial charge >= 0.3 is 0 Å². The van der Waals surface area contributed by atoms with E-state index in [0.717, 1.165) is 18.5 Å². The third-order valence-corrected chi connectivity index (χ3v) is 4.06. The minimum absolute atomic E-state index is 0.101. The summed E-state index contributed by atoms with van der Waals surface area (Å²) >= 11 is 0. The van der Waals surface area contributed by atoms with Gasteiger partial charge in [0.1, 0.15) is 11.9 Å². The van der Waals surface area contributed by atoms with Gasteiger partial charge in [-0.25, -0.2) is 4.39 Å². The van der Waals surface area contributed by atoms with Crippen LogP contribution in [0, 0.1) is 17.1 Å². The molecule has 0 amide bonds. The number of nitrogens with one attached hydrogen (secondary N) is 1. The summed E-state index contributed by atoms with van der Waals surface area (Å²) in [5.41, 5.74) is 4.49. The maximum absolute atomic E-state index is 14.1. The van der Waals surface area contributed by atoms with Crippen molar-refractivity contribution in [2.75, 3.05) is 5.32 Å². The molecule has 2 aromatic carbocycles. The number of anilines is 1. The summed E-state index contributed by atoms with van der Waals surface area (Å²) in [6.07, 6.45) is 4.67. The summed E-state index contributed by atoms with van der Waals surface area (Å²) in [4.78, 5) is 0. The molecule has 1 N–H and O–H groups in total. The van der Waals surface area contributed by atoms with Crippen LogP contribution in [0.25, 0.3) is 0 Å². The van der Waals surface area contributed by atoms with Crippen molar-refractivity contribution in [3.8, 4) is 6.07 Å². The van der Waals surface area contributed by atoms with Gasteiger partial charge in [-0.2, -0.15) is 5.26 Å². The number of nitriles is 1. The predicted octanol–water partition coefficient (Wildman–Crippen LogP) is 4.19. The maximum atomic E-state index is 14.1. The summed E-state index contributed by atoms with van der Waals surface area (Å²) in [5.74, 6) is -0.419. The average molecular weight is 280 g/mol. The van der Waals surface area contributed by atoms with Crippen LogP contribution in [-0.2, 0) is 19.4 Å². The van der Waals surface area contributed by atoms with Gasteiger partial charge in [-0.15, -0.1) is 0 Å². The first-order valence-electron chi connectivity index (χ1n) is 7.31. The lowest BCUT2D eigenvalue weighted by Gasteiger charge is -2.20. The number of halogens is 1. The van der Waals surface area contributed by atoms with Crippen molar-refractivity contribution in [2.24, 2.45) is 0 Å². The standard InChI is InChI=1S/C18H17FN2/c19-18-14(11-20)7-3-8-15(18)12-21-17-10-4-6-13-5-1-2-9-16(13)17/h3-4,6-8,10,21H,1-2,5,9,12H2. The van der Waals surface area contributed by atoms with E-state index in [1.165, 1.54) is 30.0 Å². The first-order chi connectivity index (χ1) is 10.3. The third kappa shape index (κ3) is 2.75. The number of fused-ring (bicyclic) bond motifs is 1. The van der Waals surface area contributed by atoms with E-state index < -0.39 is 5.82 Å². The van der Waals surface area contributed by atoms with Crippen molar-refractivity contribution in [2.45, 2.75) is 32.2 Å². The van der Waals surface area contributed by atoms with Crippen LogP contribution in [0.15, 0.2) is 36.4 Å². The van der Waals surface area contributed by atoms with E-state index in [1.807, 2.05) is 6.07 Å². The smallest absolute Gasteiger partial charge is 0.145 e. The normalized spacial score (nSPS) is 13.3. The second-order valence-electron chi connectivity index (χ2n) is 5.39. The van der Waals surface area contributed by atoms with Crippen LogP contribution < -0.4 is 5.32 Å². The lowest BCUT2D eigenvalue weighted by atomic mass is 9.90. The van der Waals surface area contributed by atoms with Crippen molar-refractivity contribution < 1.29 is 4.39 Å². The zero-order valence-corrected chi connectivity index (χ0v) is 11.8. The lowest BCUT2D eigenvalue weighted by molar-refractivity contribution is 0.609. The Bertz CT molecular complexity index is 701. The molecule has 0 atom stereocenters. The number of benzene rings is 2. The van der Waals surface area contributed by atoms with E-state index in [0.29, 0.717) is 12.1 Å². The van der Waals surface area contributed by atoms with E-state index in [-0.39, 0.29) is 5.56 Å². The number of rotatable bonds is 3. The Morgan fingerprint density at radius 1 is 1.10 bits per heavy atom. The fourth-order valence-electron chi connectivity index (χ4n) is 2.94. The van der Waals surface area contributed by atoms with Crippen LogP contribution in [0.3, 0.4) is 0 Å². The Hall–Kier alpha value is -2.34. The SMILES string of the molecule is N#Cc1cccc(CNc2cccc3c2CCCC3)c1F. The van der Waals surface area contributed by atoms with Gasteiger partial charge in [-0.05, 0) is 48.9 Å². The van der Waals surface area contributed by atoms with Crippen LogP contribution in [0.2, 0.25) is 0 Å². The van der Waals surface area contributed by atoms with Gasteiger partial charge in [0.05, 0.1) is 5.56 Å². The maximum Gasteiger partial charge on any atom is 0.145 e. The number of hydrogen-bond acceptors (Lipinski definition) is 2. The van der Waals surface area contributed by atoms with Crippen molar-refractivity contribution >= 4 is 5.69 Å². The van der Waals surface area contributed by atoms with Gasteiger partial charge in [0.25, 0.3) is 0 Å². The topological polar surface area (TPSA) is 35.8 Å². The van der Waals surface area contributed by atoms with Crippen LogP contribution in [-0.4, -0.2) is 0 Å². The highest BCUT2D eigenvalue weighted by Crippen LogP contribution is 2.28. The Morgan fingerprint density at radius 2 is 1.90 bits per heavy atom. The van der Waals surface area contributed by atoms with Crippen LogP contribution in [0.5, 0.6) is 0 Å². The fraction of sp³-hybridized carbons (Fsp3) is 0.278. The highest BCUT2D eigenvalue weighted by Gasteiger charge is 2.13. The largest absolute Gasteiger partial charge is 0.381 e. The molecule has 21 heavy (non-hydrogen) atoms. The van der Waals surface area contributed by atoms with Crippen LogP contribution >= 0.6 is 0 Å². The van der Waals surface area contributed by atoms with E-state index in [2.05, 4.69) is 23.5 Å². The molecule has 3 rings (SSSR count). The van der Waals surface area contributed by atoms with E-state index in [1.54, 1.807) is 12.1 Å².